The van der Waals surface area contributed by atoms with Gasteiger partial charge in [-0.05, 0) is 30.2 Å². The summed E-state index contributed by atoms with van der Waals surface area (Å²) in [5, 5.41) is 0.531. The van der Waals surface area contributed by atoms with Crippen LogP contribution in [0.3, 0.4) is 0 Å². The van der Waals surface area contributed by atoms with E-state index in [9.17, 15) is 22.6 Å². The SMILES string of the molecule is CC(C)COc1ccc(Sc2nc(N)nc3c2ncn3CCOCP(=O)(O)CC(F)(F)F)cc1. The zero-order valence-electron chi connectivity index (χ0n) is 18.5. The number of anilines is 1. The smallest absolute Gasteiger partial charge is 0.398 e. The Morgan fingerprint density at radius 3 is 2.59 bits per heavy atom. The van der Waals surface area contributed by atoms with Crippen LogP contribution < -0.4 is 10.5 Å². The van der Waals surface area contributed by atoms with Gasteiger partial charge in [0.25, 0.3) is 0 Å². The highest BCUT2D eigenvalue weighted by atomic mass is 32.2. The molecule has 0 aliphatic rings. The summed E-state index contributed by atoms with van der Waals surface area (Å²) in [6, 6.07) is 7.51. The van der Waals surface area contributed by atoms with E-state index in [0.717, 1.165) is 10.6 Å². The molecule has 0 aliphatic carbocycles. The molecule has 2 aromatic heterocycles. The summed E-state index contributed by atoms with van der Waals surface area (Å²) in [4.78, 5) is 23.1. The van der Waals surface area contributed by atoms with E-state index in [4.69, 9.17) is 15.2 Å². The van der Waals surface area contributed by atoms with Gasteiger partial charge in [0.15, 0.2) is 5.65 Å². The highest BCUT2D eigenvalue weighted by Crippen LogP contribution is 2.45. The van der Waals surface area contributed by atoms with Crippen molar-refractivity contribution in [3.63, 3.8) is 0 Å². The van der Waals surface area contributed by atoms with Crippen LogP contribution in [0.5, 0.6) is 5.75 Å². The topological polar surface area (TPSA) is 125 Å². The number of nitrogens with zero attached hydrogens (tertiary/aromatic N) is 4. The fourth-order valence-electron chi connectivity index (χ4n) is 2.84. The molecule has 0 fully saturated rings. The van der Waals surface area contributed by atoms with Crippen molar-refractivity contribution in [1.29, 1.82) is 0 Å². The van der Waals surface area contributed by atoms with Crippen LogP contribution in [0.15, 0.2) is 40.5 Å². The number of halogens is 3. The van der Waals surface area contributed by atoms with Crippen molar-refractivity contribution < 1.29 is 32.1 Å². The molecule has 0 aliphatic heterocycles. The van der Waals surface area contributed by atoms with Crippen molar-refractivity contribution >= 4 is 36.2 Å². The van der Waals surface area contributed by atoms with Crippen LogP contribution in [0.1, 0.15) is 13.8 Å². The van der Waals surface area contributed by atoms with E-state index in [1.807, 2.05) is 24.3 Å². The first-order chi connectivity index (χ1) is 15.9. The quantitative estimate of drug-likeness (QED) is 0.215. The normalized spacial score (nSPS) is 14.0. The third-order valence-electron chi connectivity index (χ3n) is 4.27. The molecule has 0 bridgehead atoms. The number of nitrogens with two attached hydrogens (primary N) is 1. The van der Waals surface area contributed by atoms with Crippen LogP contribution in [0.25, 0.3) is 11.2 Å². The maximum atomic E-state index is 12.3. The number of benzene rings is 1. The molecule has 186 valence electrons. The van der Waals surface area contributed by atoms with E-state index >= 15 is 0 Å². The van der Waals surface area contributed by atoms with Gasteiger partial charge in [0.05, 0.1) is 19.5 Å². The average Bonchev–Trinajstić information content (AvgIpc) is 3.12. The van der Waals surface area contributed by atoms with Gasteiger partial charge in [0.1, 0.15) is 28.8 Å². The fourth-order valence-corrected chi connectivity index (χ4v) is 4.78. The zero-order valence-corrected chi connectivity index (χ0v) is 20.2. The van der Waals surface area contributed by atoms with Crippen molar-refractivity contribution in [2.75, 3.05) is 31.5 Å². The van der Waals surface area contributed by atoms with E-state index in [0.29, 0.717) is 28.7 Å². The van der Waals surface area contributed by atoms with E-state index in [-0.39, 0.29) is 19.1 Å². The minimum absolute atomic E-state index is 0.0274. The Morgan fingerprint density at radius 2 is 1.94 bits per heavy atom. The molecule has 14 heteroatoms. The monoisotopic (exact) mass is 519 g/mol. The highest BCUT2D eigenvalue weighted by Gasteiger charge is 2.38. The molecule has 2 heterocycles. The summed E-state index contributed by atoms with van der Waals surface area (Å²) >= 11 is 1.34. The second kappa shape index (κ2) is 10.9. The van der Waals surface area contributed by atoms with Gasteiger partial charge >= 0.3 is 6.18 Å². The van der Waals surface area contributed by atoms with Gasteiger partial charge in [-0.15, -0.1) is 0 Å². The average molecular weight is 519 g/mol. The van der Waals surface area contributed by atoms with E-state index in [2.05, 4.69) is 28.8 Å². The summed E-state index contributed by atoms with van der Waals surface area (Å²) in [6.07, 6.45) is -5.95. The summed E-state index contributed by atoms with van der Waals surface area (Å²) in [7, 11) is -4.47. The van der Waals surface area contributed by atoms with Crippen LogP contribution in [0.2, 0.25) is 0 Å². The Bertz CT molecular complexity index is 1160. The maximum Gasteiger partial charge on any atom is 0.398 e. The third-order valence-corrected chi connectivity index (χ3v) is 6.69. The van der Waals surface area contributed by atoms with E-state index in [1.54, 1.807) is 4.57 Å². The molecule has 0 spiro atoms. The second-order valence-electron chi connectivity index (χ2n) is 7.93. The number of nitrogen functional groups attached to an aromatic ring is 1. The molecule has 3 rings (SSSR count). The van der Waals surface area contributed by atoms with Gasteiger partial charge in [0.2, 0.25) is 13.3 Å². The van der Waals surface area contributed by atoms with Crippen LogP contribution in [0.4, 0.5) is 19.1 Å². The molecule has 0 saturated heterocycles. The molecule has 3 aromatic rings. The Labute approximate surface area is 198 Å². The Kier molecular flexibility index (Phi) is 8.45. The van der Waals surface area contributed by atoms with Gasteiger partial charge in [-0.2, -0.15) is 18.2 Å². The number of alkyl halides is 3. The van der Waals surface area contributed by atoms with Gasteiger partial charge in [-0.1, -0.05) is 25.6 Å². The van der Waals surface area contributed by atoms with Crippen molar-refractivity contribution in [3.05, 3.63) is 30.6 Å². The molecular weight excluding hydrogens is 494 g/mol. The summed E-state index contributed by atoms with van der Waals surface area (Å²) in [5.74, 6) is 1.21. The number of imidazole rings is 1. The highest BCUT2D eigenvalue weighted by molar-refractivity contribution is 7.99. The van der Waals surface area contributed by atoms with Gasteiger partial charge in [-0.25, -0.2) is 9.97 Å². The molecule has 0 amide bonds. The molecule has 0 saturated carbocycles. The maximum absolute atomic E-state index is 12.3. The fraction of sp³-hybridized carbons (Fsp3) is 0.450. The predicted octanol–water partition coefficient (Wildman–Crippen LogP) is 4.40. The van der Waals surface area contributed by atoms with E-state index in [1.165, 1.54) is 18.1 Å². The number of fused-ring (bicyclic) bond motifs is 1. The molecule has 1 unspecified atom stereocenters. The van der Waals surface area contributed by atoms with Crippen molar-refractivity contribution in [2.45, 2.75) is 36.5 Å². The second-order valence-corrected chi connectivity index (χ2v) is 11.3. The van der Waals surface area contributed by atoms with Crippen LogP contribution in [-0.2, 0) is 15.8 Å². The third kappa shape index (κ3) is 7.86. The Balaban J connectivity index is 1.65. The lowest BCUT2D eigenvalue weighted by Gasteiger charge is -2.14. The van der Waals surface area contributed by atoms with E-state index < -0.39 is 26.1 Å². The van der Waals surface area contributed by atoms with Crippen LogP contribution in [-0.4, -0.2) is 56.3 Å². The zero-order chi connectivity index (χ0) is 24.9. The van der Waals surface area contributed by atoms with Gasteiger partial charge in [-0.3, -0.25) is 4.57 Å². The standard InChI is InChI=1S/C20H25F3N5O4PS/c1-13(2)9-32-14-3-5-15(6-4-14)34-18-16-17(26-19(24)27-18)28(11-25-16)7-8-31-12-33(29,30)10-20(21,22)23/h3-6,11,13H,7-10,12H2,1-2H3,(H,29,30)(H2,24,26,27). The lowest BCUT2D eigenvalue weighted by Crippen LogP contribution is -2.17. The largest absolute Gasteiger partial charge is 0.493 e. The summed E-state index contributed by atoms with van der Waals surface area (Å²) in [5.41, 5.74) is 6.77. The molecule has 1 aromatic carbocycles. The molecule has 9 nitrogen and oxygen atoms in total. The molecule has 0 radical (unpaired) electrons. The van der Waals surface area contributed by atoms with Crippen molar-refractivity contribution in [2.24, 2.45) is 5.92 Å². The van der Waals surface area contributed by atoms with Crippen molar-refractivity contribution in [1.82, 2.24) is 19.5 Å². The molecule has 3 N–H and O–H groups in total. The Hall–Kier alpha value is -2.34. The number of hydrogen-bond acceptors (Lipinski definition) is 8. The first-order valence-electron chi connectivity index (χ1n) is 10.3. The summed E-state index contributed by atoms with van der Waals surface area (Å²) < 4.78 is 60.9. The number of hydrogen-bond donors (Lipinski definition) is 2. The number of rotatable bonds is 11. The first kappa shape index (κ1) is 26.3. The predicted molar refractivity (Wildman–Crippen MR) is 122 cm³/mol. The number of aromatic nitrogens is 4. The van der Waals surface area contributed by atoms with Gasteiger partial charge in [0, 0.05) is 11.4 Å². The minimum atomic E-state index is -4.74. The van der Waals surface area contributed by atoms with Crippen LogP contribution >= 0.6 is 19.1 Å². The van der Waals surface area contributed by atoms with Crippen LogP contribution in [0, 0.1) is 5.92 Å². The summed E-state index contributed by atoms with van der Waals surface area (Å²) in [6.45, 7) is 4.79. The molecule has 34 heavy (non-hydrogen) atoms. The number of ether oxygens (including phenoxy) is 2. The molecular formula is C20H25F3N5O4PS. The lowest BCUT2D eigenvalue weighted by molar-refractivity contribution is -0.108. The minimum Gasteiger partial charge on any atom is -0.493 e. The Morgan fingerprint density at radius 1 is 1.24 bits per heavy atom. The van der Waals surface area contributed by atoms with Gasteiger partial charge < -0.3 is 24.7 Å². The van der Waals surface area contributed by atoms with Crippen molar-refractivity contribution in [3.8, 4) is 5.75 Å². The lowest BCUT2D eigenvalue weighted by atomic mass is 10.2. The first-order valence-corrected chi connectivity index (χ1v) is 13.1. The molecule has 1 atom stereocenters.